The number of amides is 2. The number of urea groups is 1. The molecule has 3 aromatic rings. The summed E-state index contributed by atoms with van der Waals surface area (Å²) in [5, 5.41) is 6.86. The van der Waals surface area contributed by atoms with Crippen LogP contribution in [0.4, 0.5) is 10.5 Å². The van der Waals surface area contributed by atoms with Crippen molar-refractivity contribution in [1.29, 1.82) is 0 Å². The maximum atomic E-state index is 12.2. The van der Waals surface area contributed by atoms with E-state index in [0.717, 1.165) is 16.8 Å². The smallest absolute Gasteiger partial charge is 0.321 e. The number of nitrogens with zero attached hydrogens (tertiary/aromatic N) is 3. The molecule has 0 bridgehead atoms. The molecule has 0 aliphatic heterocycles. The van der Waals surface area contributed by atoms with Crippen molar-refractivity contribution in [2.24, 2.45) is 0 Å². The van der Waals surface area contributed by atoms with E-state index in [9.17, 15) is 4.79 Å². The van der Waals surface area contributed by atoms with Crippen LogP contribution in [0.2, 0.25) is 0 Å². The number of nitrogens with one attached hydrogen (secondary N) is 1. The molecule has 0 unspecified atom stereocenters. The molecule has 2 aromatic carbocycles. The van der Waals surface area contributed by atoms with Gasteiger partial charge in [-0.05, 0) is 38.1 Å². The highest BCUT2D eigenvalue weighted by atomic mass is 16.5. The van der Waals surface area contributed by atoms with Gasteiger partial charge in [0, 0.05) is 31.3 Å². The number of rotatable bonds is 5. The van der Waals surface area contributed by atoms with E-state index in [1.807, 2.05) is 62.4 Å². The van der Waals surface area contributed by atoms with E-state index in [1.165, 1.54) is 5.56 Å². The Kier molecular flexibility index (Phi) is 5.31. The van der Waals surface area contributed by atoms with Gasteiger partial charge < -0.3 is 14.7 Å². The first-order valence-corrected chi connectivity index (χ1v) is 8.49. The predicted molar refractivity (Wildman–Crippen MR) is 101 cm³/mol. The summed E-state index contributed by atoms with van der Waals surface area (Å²) in [6.45, 7) is 4.53. The fourth-order valence-electron chi connectivity index (χ4n) is 2.39. The van der Waals surface area contributed by atoms with E-state index in [4.69, 9.17) is 4.52 Å². The highest BCUT2D eigenvalue weighted by molar-refractivity contribution is 5.89. The van der Waals surface area contributed by atoms with Crippen LogP contribution in [0.5, 0.6) is 0 Å². The number of likely N-dealkylation sites (N-methyl/N-ethyl adjacent to an activating group) is 1. The van der Waals surface area contributed by atoms with Crippen molar-refractivity contribution >= 4 is 11.7 Å². The van der Waals surface area contributed by atoms with E-state index >= 15 is 0 Å². The van der Waals surface area contributed by atoms with Crippen LogP contribution in [0.3, 0.4) is 0 Å². The standard InChI is InChI=1S/C20H22N4O2/c1-14-4-8-16(9-5-14)19-22-18(23-26-19)12-13-24(3)20(25)21-17-10-6-15(2)7-11-17/h4-11H,12-13H2,1-3H3,(H,21,25). The number of aromatic nitrogens is 2. The van der Waals surface area contributed by atoms with Gasteiger partial charge in [-0.1, -0.05) is 40.5 Å². The van der Waals surface area contributed by atoms with Crippen molar-refractivity contribution in [2.45, 2.75) is 20.3 Å². The van der Waals surface area contributed by atoms with Crippen LogP contribution in [-0.2, 0) is 6.42 Å². The maximum absolute atomic E-state index is 12.2. The molecule has 0 fully saturated rings. The predicted octanol–water partition coefficient (Wildman–Crippen LogP) is 4.06. The van der Waals surface area contributed by atoms with Crippen molar-refractivity contribution in [2.75, 3.05) is 18.9 Å². The molecular formula is C20H22N4O2. The van der Waals surface area contributed by atoms with Gasteiger partial charge in [-0.25, -0.2) is 4.79 Å². The summed E-state index contributed by atoms with van der Waals surface area (Å²) in [4.78, 5) is 18.2. The zero-order valence-electron chi connectivity index (χ0n) is 15.2. The van der Waals surface area contributed by atoms with Gasteiger partial charge in [-0.15, -0.1) is 0 Å². The van der Waals surface area contributed by atoms with Gasteiger partial charge in [-0.2, -0.15) is 4.98 Å². The van der Waals surface area contributed by atoms with Crippen molar-refractivity contribution < 1.29 is 9.32 Å². The monoisotopic (exact) mass is 350 g/mol. The van der Waals surface area contributed by atoms with Gasteiger partial charge in [-0.3, -0.25) is 0 Å². The second-order valence-electron chi connectivity index (χ2n) is 6.35. The molecule has 0 radical (unpaired) electrons. The average molecular weight is 350 g/mol. The van der Waals surface area contributed by atoms with E-state index in [0.29, 0.717) is 24.7 Å². The topological polar surface area (TPSA) is 71.3 Å². The molecule has 0 aliphatic rings. The van der Waals surface area contributed by atoms with Crippen molar-refractivity contribution in [3.8, 4) is 11.5 Å². The van der Waals surface area contributed by atoms with E-state index < -0.39 is 0 Å². The number of hydrogen-bond acceptors (Lipinski definition) is 4. The Morgan fingerprint density at radius 1 is 1.04 bits per heavy atom. The molecule has 0 saturated carbocycles. The molecule has 2 amide bonds. The molecule has 1 aromatic heterocycles. The second-order valence-corrected chi connectivity index (χ2v) is 6.35. The van der Waals surface area contributed by atoms with Crippen LogP contribution in [0.25, 0.3) is 11.5 Å². The molecule has 0 spiro atoms. The van der Waals surface area contributed by atoms with Gasteiger partial charge in [0.25, 0.3) is 5.89 Å². The van der Waals surface area contributed by atoms with Crippen LogP contribution in [0, 0.1) is 13.8 Å². The Balaban J connectivity index is 1.54. The summed E-state index contributed by atoms with van der Waals surface area (Å²) >= 11 is 0. The number of aryl methyl sites for hydroxylation is 2. The molecule has 26 heavy (non-hydrogen) atoms. The SMILES string of the molecule is Cc1ccc(NC(=O)N(C)CCc2noc(-c3ccc(C)cc3)n2)cc1. The molecular weight excluding hydrogens is 328 g/mol. The zero-order chi connectivity index (χ0) is 18.5. The lowest BCUT2D eigenvalue weighted by Gasteiger charge is -2.17. The molecule has 6 nitrogen and oxygen atoms in total. The van der Waals surface area contributed by atoms with Crippen molar-refractivity contribution in [3.05, 3.63) is 65.5 Å². The zero-order valence-corrected chi connectivity index (χ0v) is 15.2. The Bertz CT molecular complexity index is 870. The first-order valence-electron chi connectivity index (χ1n) is 8.49. The highest BCUT2D eigenvalue weighted by Crippen LogP contribution is 2.17. The van der Waals surface area contributed by atoms with Crippen LogP contribution < -0.4 is 5.32 Å². The molecule has 3 rings (SSSR count). The Morgan fingerprint density at radius 2 is 1.65 bits per heavy atom. The molecule has 0 saturated heterocycles. The lowest BCUT2D eigenvalue weighted by Crippen LogP contribution is -2.33. The summed E-state index contributed by atoms with van der Waals surface area (Å²) in [6, 6.07) is 15.4. The van der Waals surface area contributed by atoms with Crippen molar-refractivity contribution in [3.63, 3.8) is 0 Å². The number of benzene rings is 2. The van der Waals surface area contributed by atoms with Crippen LogP contribution >= 0.6 is 0 Å². The number of hydrogen-bond donors (Lipinski definition) is 1. The lowest BCUT2D eigenvalue weighted by molar-refractivity contribution is 0.222. The Labute approximate surface area is 152 Å². The Hall–Kier alpha value is -3.15. The van der Waals surface area contributed by atoms with Gasteiger partial charge in [0.15, 0.2) is 5.82 Å². The molecule has 1 heterocycles. The first kappa shape index (κ1) is 17.7. The lowest BCUT2D eigenvalue weighted by atomic mass is 10.1. The van der Waals surface area contributed by atoms with Crippen LogP contribution in [0.1, 0.15) is 17.0 Å². The van der Waals surface area contributed by atoms with E-state index in [1.54, 1.807) is 11.9 Å². The van der Waals surface area contributed by atoms with Crippen molar-refractivity contribution in [1.82, 2.24) is 15.0 Å². The summed E-state index contributed by atoms with van der Waals surface area (Å²) in [7, 11) is 1.74. The minimum atomic E-state index is -0.170. The molecule has 134 valence electrons. The number of carbonyl (C=O) groups is 1. The summed E-state index contributed by atoms with van der Waals surface area (Å²) in [5.74, 6) is 1.07. The number of anilines is 1. The van der Waals surface area contributed by atoms with Gasteiger partial charge in [0.2, 0.25) is 0 Å². The molecule has 0 aliphatic carbocycles. The fraction of sp³-hybridized carbons (Fsp3) is 0.250. The summed E-state index contributed by atoms with van der Waals surface area (Å²) in [6.07, 6.45) is 0.521. The van der Waals surface area contributed by atoms with Gasteiger partial charge in [0.05, 0.1) is 0 Å². The molecule has 0 atom stereocenters. The quantitative estimate of drug-likeness (QED) is 0.753. The van der Waals surface area contributed by atoms with Crippen LogP contribution in [0.15, 0.2) is 53.1 Å². The first-order chi connectivity index (χ1) is 12.5. The van der Waals surface area contributed by atoms with E-state index in [-0.39, 0.29) is 6.03 Å². The fourth-order valence-corrected chi connectivity index (χ4v) is 2.39. The largest absolute Gasteiger partial charge is 0.334 e. The van der Waals surface area contributed by atoms with Gasteiger partial charge in [0.1, 0.15) is 0 Å². The third-order valence-electron chi connectivity index (χ3n) is 4.09. The van der Waals surface area contributed by atoms with Crippen LogP contribution in [-0.4, -0.2) is 34.7 Å². The average Bonchev–Trinajstić information content (AvgIpc) is 3.11. The van der Waals surface area contributed by atoms with Gasteiger partial charge >= 0.3 is 6.03 Å². The normalized spacial score (nSPS) is 10.6. The third-order valence-corrected chi connectivity index (χ3v) is 4.09. The summed E-state index contributed by atoms with van der Waals surface area (Å²) in [5.41, 5.74) is 3.99. The minimum Gasteiger partial charge on any atom is -0.334 e. The minimum absolute atomic E-state index is 0.170. The number of carbonyl (C=O) groups excluding carboxylic acids is 1. The second kappa shape index (κ2) is 7.82. The molecule has 6 heteroatoms. The summed E-state index contributed by atoms with van der Waals surface area (Å²) < 4.78 is 5.31. The third kappa shape index (κ3) is 4.47. The van der Waals surface area contributed by atoms with E-state index in [2.05, 4.69) is 15.5 Å². The Morgan fingerprint density at radius 3 is 2.31 bits per heavy atom. The molecule has 1 N–H and O–H groups in total. The maximum Gasteiger partial charge on any atom is 0.321 e. The highest BCUT2D eigenvalue weighted by Gasteiger charge is 2.12.